The van der Waals surface area contributed by atoms with E-state index >= 15 is 0 Å². The van der Waals surface area contributed by atoms with Crippen LogP contribution in [-0.2, 0) is 0 Å². The molecule has 0 aromatic heterocycles. The van der Waals surface area contributed by atoms with Crippen LogP contribution in [0.25, 0.3) is 0 Å². The van der Waals surface area contributed by atoms with Gasteiger partial charge in [-0.25, -0.2) is 0 Å². The highest BCUT2D eigenvalue weighted by Gasteiger charge is 2.37. The van der Waals surface area contributed by atoms with Gasteiger partial charge in [0.2, 0.25) is 0 Å². The lowest BCUT2D eigenvalue weighted by molar-refractivity contribution is 0.0341. The molecule has 0 bridgehead atoms. The van der Waals surface area contributed by atoms with Gasteiger partial charge in [-0.15, -0.1) is 0 Å². The Labute approximate surface area is 133 Å². The minimum Gasteiger partial charge on any atom is -0.312 e. The van der Waals surface area contributed by atoms with Crippen LogP contribution < -0.4 is 5.32 Å². The normalized spacial score (nSPS) is 35.0. The third kappa shape index (κ3) is 4.69. The molecule has 1 aliphatic heterocycles. The van der Waals surface area contributed by atoms with Gasteiger partial charge in [0.15, 0.2) is 0 Å². The number of hydrogen-bond donors (Lipinski definition) is 1. The van der Waals surface area contributed by atoms with Gasteiger partial charge in [-0.2, -0.15) is 0 Å². The first-order valence-corrected chi connectivity index (χ1v) is 9.79. The molecule has 0 radical (unpaired) electrons. The standard InChI is InChI=1S/C19H38N2/c1-4-9-16-11-12-18(20-13-5-2)19(15-16)21-14-8-7-10-17(21)6-3/h16-20H,4-15H2,1-3H3. The zero-order chi connectivity index (χ0) is 15.1. The highest BCUT2D eigenvalue weighted by atomic mass is 15.2. The molecule has 0 amide bonds. The van der Waals surface area contributed by atoms with E-state index in [4.69, 9.17) is 0 Å². The molecule has 4 atom stereocenters. The van der Waals surface area contributed by atoms with Crippen LogP contribution in [0.15, 0.2) is 0 Å². The fourth-order valence-electron chi connectivity index (χ4n) is 4.73. The molecule has 1 N–H and O–H groups in total. The summed E-state index contributed by atoms with van der Waals surface area (Å²) in [6.07, 6.45) is 14.0. The maximum Gasteiger partial charge on any atom is 0.0254 e. The lowest BCUT2D eigenvalue weighted by Crippen LogP contribution is -2.57. The van der Waals surface area contributed by atoms with Crippen molar-refractivity contribution in [1.29, 1.82) is 0 Å². The maximum absolute atomic E-state index is 3.88. The Kier molecular flexibility index (Phi) is 7.53. The summed E-state index contributed by atoms with van der Waals surface area (Å²) in [6, 6.07) is 2.42. The number of likely N-dealkylation sites (tertiary alicyclic amines) is 1. The van der Waals surface area contributed by atoms with Gasteiger partial charge in [-0.3, -0.25) is 4.90 Å². The first-order valence-electron chi connectivity index (χ1n) is 9.79. The van der Waals surface area contributed by atoms with E-state index in [0.29, 0.717) is 0 Å². The van der Waals surface area contributed by atoms with Crippen molar-refractivity contribution in [3.05, 3.63) is 0 Å². The summed E-state index contributed by atoms with van der Waals surface area (Å²) >= 11 is 0. The van der Waals surface area contributed by atoms with Crippen LogP contribution in [0.4, 0.5) is 0 Å². The highest BCUT2D eigenvalue weighted by Crippen LogP contribution is 2.34. The molecule has 0 aromatic carbocycles. The van der Waals surface area contributed by atoms with E-state index in [-0.39, 0.29) is 0 Å². The number of nitrogens with zero attached hydrogens (tertiary/aromatic N) is 1. The molecule has 1 saturated heterocycles. The van der Waals surface area contributed by atoms with Gasteiger partial charge in [0, 0.05) is 18.1 Å². The zero-order valence-corrected chi connectivity index (χ0v) is 14.7. The average molecular weight is 295 g/mol. The summed E-state index contributed by atoms with van der Waals surface area (Å²) in [5, 5.41) is 3.88. The van der Waals surface area contributed by atoms with Crippen molar-refractivity contribution < 1.29 is 0 Å². The molecule has 2 rings (SSSR count). The van der Waals surface area contributed by atoms with Gasteiger partial charge in [0.1, 0.15) is 0 Å². The van der Waals surface area contributed by atoms with E-state index < -0.39 is 0 Å². The van der Waals surface area contributed by atoms with Crippen LogP contribution in [0, 0.1) is 5.92 Å². The molecule has 2 aliphatic rings. The van der Waals surface area contributed by atoms with Crippen LogP contribution in [0.3, 0.4) is 0 Å². The SMILES string of the molecule is CCCNC1CCC(CCC)CC1N1CCCCC1CC. The third-order valence-electron chi connectivity index (χ3n) is 5.85. The minimum atomic E-state index is 0.755. The van der Waals surface area contributed by atoms with E-state index in [1.54, 1.807) is 0 Å². The van der Waals surface area contributed by atoms with Gasteiger partial charge < -0.3 is 5.32 Å². The number of rotatable bonds is 7. The zero-order valence-electron chi connectivity index (χ0n) is 14.7. The van der Waals surface area contributed by atoms with E-state index in [9.17, 15) is 0 Å². The molecule has 4 unspecified atom stereocenters. The van der Waals surface area contributed by atoms with Crippen molar-refractivity contribution in [1.82, 2.24) is 10.2 Å². The van der Waals surface area contributed by atoms with Gasteiger partial charge in [-0.1, -0.05) is 40.0 Å². The average Bonchev–Trinajstić information content (AvgIpc) is 2.54. The van der Waals surface area contributed by atoms with Crippen LogP contribution in [-0.4, -0.2) is 36.1 Å². The number of hydrogen-bond acceptors (Lipinski definition) is 2. The van der Waals surface area contributed by atoms with Crippen molar-refractivity contribution in [2.45, 2.75) is 103 Å². The Hall–Kier alpha value is -0.0800. The van der Waals surface area contributed by atoms with Crippen LogP contribution in [0.1, 0.15) is 85.0 Å². The van der Waals surface area contributed by atoms with E-state index in [2.05, 4.69) is 31.0 Å². The summed E-state index contributed by atoms with van der Waals surface area (Å²) in [4.78, 5) is 2.92. The van der Waals surface area contributed by atoms with E-state index in [1.165, 1.54) is 77.3 Å². The second-order valence-electron chi connectivity index (χ2n) is 7.39. The van der Waals surface area contributed by atoms with Gasteiger partial charge >= 0.3 is 0 Å². The van der Waals surface area contributed by atoms with Crippen LogP contribution in [0.5, 0.6) is 0 Å². The summed E-state index contributed by atoms with van der Waals surface area (Å²) in [5.74, 6) is 0.985. The Morgan fingerprint density at radius 2 is 1.86 bits per heavy atom. The predicted octanol–water partition coefficient (Wildman–Crippen LogP) is 4.59. The molecule has 0 aromatic rings. The monoisotopic (exact) mass is 294 g/mol. The van der Waals surface area contributed by atoms with Crippen molar-refractivity contribution >= 4 is 0 Å². The number of piperidine rings is 1. The molecule has 1 saturated carbocycles. The van der Waals surface area contributed by atoms with Crippen molar-refractivity contribution in [2.24, 2.45) is 5.92 Å². The quantitative estimate of drug-likeness (QED) is 0.739. The summed E-state index contributed by atoms with van der Waals surface area (Å²) in [5.41, 5.74) is 0. The topological polar surface area (TPSA) is 15.3 Å². The highest BCUT2D eigenvalue weighted by molar-refractivity contribution is 4.94. The first-order chi connectivity index (χ1) is 10.3. The lowest BCUT2D eigenvalue weighted by Gasteiger charge is -2.48. The van der Waals surface area contributed by atoms with Gasteiger partial charge in [0.05, 0.1) is 0 Å². The maximum atomic E-state index is 3.88. The van der Waals surface area contributed by atoms with Crippen LogP contribution >= 0.6 is 0 Å². The molecule has 1 aliphatic carbocycles. The molecule has 124 valence electrons. The van der Waals surface area contributed by atoms with Gasteiger partial charge in [-0.05, 0) is 64.0 Å². The predicted molar refractivity (Wildman–Crippen MR) is 92.8 cm³/mol. The first kappa shape index (κ1) is 17.3. The van der Waals surface area contributed by atoms with Crippen molar-refractivity contribution in [2.75, 3.05) is 13.1 Å². The van der Waals surface area contributed by atoms with Crippen LogP contribution in [0.2, 0.25) is 0 Å². The smallest absolute Gasteiger partial charge is 0.0254 e. The van der Waals surface area contributed by atoms with Crippen molar-refractivity contribution in [3.63, 3.8) is 0 Å². The molecule has 2 nitrogen and oxygen atoms in total. The molecular weight excluding hydrogens is 256 g/mol. The fraction of sp³-hybridized carbons (Fsp3) is 1.00. The molecule has 21 heavy (non-hydrogen) atoms. The van der Waals surface area contributed by atoms with Gasteiger partial charge in [0.25, 0.3) is 0 Å². The minimum absolute atomic E-state index is 0.755. The Morgan fingerprint density at radius 1 is 1.00 bits per heavy atom. The molecular formula is C19H38N2. The second kappa shape index (κ2) is 9.15. The Morgan fingerprint density at radius 3 is 2.57 bits per heavy atom. The van der Waals surface area contributed by atoms with E-state index in [1.807, 2.05) is 0 Å². The Balaban J connectivity index is 2.03. The Bertz CT molecular complexity index is 279. The van der Waals surface area contributed by atoms with Crippen molar-refractivity contribution in [3.8, 4) is 0 Å². The summed E-state index contributed by atoms with van der Waals surface area (Å²) in [6.45, 7) is 9.59. The fourth-order valence-corrected chi connectivity index (χ4v) is 4.73. The molecule has 0 spiro atoms. The summed E-state index contributed by atoms with van der Waals surface area (Å²) in [7, 11) is 0. The lowest BCUT2D eigenvalue weighted by atomic mass is 9.78. The molecule has 2 heteroatoms. The molecule has 2 fully saturated rings. The third-order valence-corrected chi connectivity index (χ3v) is 5.85. The summed E-state index contributed by atoms with van der Waals surface area (Å²) < 4.78 is 0. The van der Waals surface area contributed by atoms with E-state index in [0.717, 1.165) is 24.0 Å². The number of nitrogens with one attached hydrogen (secondary N) is 1. The largest absolute Gasteiger partial charge is 0.312 e. The second-order valence-corrected chi connectivity index (χ2v) is 7.39. The molecule has 1 heterocycles.